The van der Waals surface area contributed by atoms with Crippen LogP contribution in [0.2, 0.25) is 0 Å². The summed E-state index contributed by atoms with van der Waals surface area (Å²) in [6.45, 7) is 3.99. The number of imidazole rings is 1. The zero-order valence-corrected chi connectivity index (χ0v) is 18.5. The molecule has 1 unspecified atom stereocenters. The number of benzene rings is 2. The first-order chi connectivity index (χ1) is 16.0. The van der Waals surface area contributed by atoms with Gasteiger partial charge in [0.2, 0.25) is 0 Å². The van der Waals surface area contributed by atoms with Crippen LogP contribution in [0.3, 0.4) is 0 Å². The summed E-state index contributed by atoms with van der Waals surface area (Å²) in [5.74, 6) is 0.395. The van der Waals surface area contributed by atoms with Crippen molar-refractivity contribution in [3.8, 4) is 22.6 Å². The molecule has 0 radical (unpaired) electrons. The second-order valence-electron chi connectivity index (χ2n) is 7.93. The Labute approximate surface area is 190 Å². The van der Waals surface area contributed by atoms with Gasteiger partial charge in [0.15, 0.2) is 0 Å². The Morgan fingerprint density at radius 3 is 2.58 bits per heavy atom. The van der Waals surface area contributed by atoms with E-state index in [9.17, 15) is 4.39 Å². The molecule has 6 nitrogen and oxygen atoms in total. The highest BCUT2D eigenvalue weighted by Crippen LogP contribution is 2.35. The number of halogens is 1. The monoisotopic (exact) mass is 439 g/mol. The number of methoxy groups -OCH3 is 1. The van der Waals surface area contributed by atoms with Gasteiger partial charge in [0, 0.05) is 29.3 Å². The Hall–Kier alpha value is -4.13. The third kappa shape index (κ3) is 3.82. The average molecular weight is 439 g/mol. The van der Waals surface area contributed by atoms with Crippen molar-refractivity contribution in [2.75, 3.05) is 7.11 Å². The molecule has 0 fully saturated rings. The molecular weight excluding hydrogens is 417 g/mol. The van der Waals surface area contributed by atoms with Crippen molar-refractivity contribution in [3.63, 3.8) is 0 Å². The van der Waals surface area contributed by atoms with Gasteiger partial charge in [-0.1, -0.05) is 25.1 Å². The maximum absolute atomic E-state index is 13.4. The SMILES string of the molecule is COc1cc(-c2cnnc3c(C(C)c4ccc(F)cc4)nccc23)ccc1-n1cnc(C)c1. The topological polar surface area (TPSA) is 65.7 Å². The van der Waals surface area contributed by atoms with Crippen LogP contribution in [0.4, 0.5) is 4.39 Å². The molecule has 0 N–H and O–H groups in total. The molecule has 0 saturated carbocycles. The lowest BCUT2D eigenvalue weighted by atomic mass is 9.94. The highest BCUT2D eigenvalue weighted by Gasteiger charge is 2.18. The van der Waals surface area contributed by atoms with Gasteiger partial charge in [-0.25, -0.2) is 9.37 Å². The molecule has 1 atom stereocenters. The highest BCUT2D eigenvalue weighted by atomic mass is 19.1. The molecule has 33 heavy (non-hydrogen) atoms. The van der Waals surface area contributed by atoms with E-state index < -0.39 is 0 Å². The molecule has 7 heteroatoms. The van der Waals surface area contributed by atoms with Crippen LogP contribution < -0.4 is 4.74 Å². The number of ether oxygens (including phenoxy) is 1. The van der Waals surface area contributed by atoms with E-state index in [4.69, 9.17) is 4.74 Å². The lowest BCUT2D eigenvalue weighted by Gasteiger charge is -2.15. The minimum absolute atomic E-state index is 0.0692. The fourth-order valence-electron chi connectivity index (χ4n) is 4.07. The lowest BCUT2D eigenvalue weighted by molar-refractivity contribution is 0.413. The van der Waals surface area contributed by atoms with Gasteiger partial charge in [-0.15, -0.1) is 5.10 Å². The Kier molecular flexibility index (Phi) is 5.30. The fraction of sp³-hybridized carbons (Fsp3) is 0.154. The molecule has 0 aliphatic heterocycles. The van der Waals surface area contributed by atoms with Crippen LogP contribution in [-0.2, 0) is 0 Å². The number of pyridine rings is 1. The molecule has 0 aliphatic rings. The molecule has 3 aromatic heterocycles. The fourth-order valence-corrected chi connectivity index (χ4v) is 4.07. The summed E-state index contributed by atoms with van der Waals surface area (Å²) in [4.78, 5) is 8.91. The van der Waals surface area contributed by atoms with E-state index in [1.54, 1.807) is 38.0 Å². The number of hydrogen-bond donors (Lipinski definition) is 0. The van der Waals surface area contributed by atoms with Crippen molar-refractivity contribution in [1.82, 2.24) is 24.7 Å². The van der Waals surface area contributed by atoms with E-state index in [1.165, 1.54) is 12.1 Å². The number of aryl methyl sites for hydroxylation is 1. The summed E-state index contributed by atoms with van der Waals surface area (Å²) >= 11 is 0. The number of nitrogens with zero attached hydrogens (tertiary/aromatic N) is 5. The van der Waals surface area contributed by atoms with E-state index in [0.29, 0.717) is 0 Å². The molecule has 0 spiro atoms. The molecule has 0 bridgehead atoms. The van der Waals surface area contributed by atoms with E-state index in [1.807, 2.05) is 48.9 Å². The van der Waals surface area contributed by atoms with E-state index in [2.05, 4.69) is 20.2 Å². The van der Waals surface area contributed by atoms with Gasteiger partial charge < -0.3 is 9.30 Å². The van der Waals surface area contributed by atoms with Crippen LogP contribution in [0.15, 0.2) is 73.4 Å². The minimum Gasteiger partial charge on any atom is -0.495 e. The molecule has 3 heterocycles. The van der Waals surface area contributed by atoms with Crippen molar-refractivity contribution in [1.29, 1.82) is 0 Å². The molecular formula is C26H22FN5O. The largest absolute Gasteiger partial charge is 0.495 e. The average Bonchev–Trinajstić information content (AvgIpc) is 3.29. The van der Waals surface area contributed by atoms with Crippen molar-refractivity contribution < 1.29 is 9.13 Å². The molecule has 164 valence electrons. The number of rotatable bonds is 5. The number of aromatic nitrogens is 5. The Bertz CT molecular complexity index is 1450. The Balaban J connectivity index is 1.61. The van der Waals surface area contributed by atoms with Crippen LogP contribution in [0, 0.1) is 12.7 Å². The Morgan fingerprint density at radius 1 is 1.03 bits per heavy atom. The summed E-state index contributed by atoms with van der Waals surface area (Å²) in [6.07, 6.45) is 7.26. The van der Waals surface area contributed by atoms with Crippen LogP contribution in [0.5, 0.6) is 5.75 Å². The first kappa shape index (κ1) is 20.8. The number of fused-ring (bicyclic) bond motifs is 1. The normalized spacial score (nSPS) is 12.1. The van der Waals surface area contributed by atoms with Crippen LogP contribution in [0.1, 0.15) is 29.8 Å². The zero-order valence-electron chi connectivity index (χ0n) is 18.5. The standard InChI is InChI=1S/C26H22FN5O/c1-16-14-32(15-29-16)23-9-6-19(12-24(23)33-3)22-13-30-31-26-21(22)10-11-28-25(26)17(2)18-4-7-20(27)8-5-18/h4-15,17H,1-3H3. The molecule has 2 aromatic carbocycles. The third-order valence-corrected chi connectivity index (χ3v) is 5.85. The van der Waals surface area contributed by atoms with Gasteiger partial charge in [-0.05, 0) is 48.4 Å². The smallest absolute Gasteiger partial charge is 0.143 e. The summed E-state index contributed by atoms with van der Waals surface area (Å²) in [5, 5.41) is 9.63. The van der Waals surface area contributed by atoms with E-state index in [-0.39, 0.29) is 11.7 Å². The van der Waals surface area contributed by atoms with Crippen molar-refractivity contribution in [3.05, 3.63) is 96.2 Å². The maximum atomic E-state index is 13.4. The second kappa shape index (κ2) is 8.43. The quantitative estimate of drug-likeness (QED) is 0.363. The van der Waals surface area contributed by atoms with Gasteiger partial charge in [0.05, 0.1) is 36.7 Å². The molecule has 0 saturated heterocycles. The third-order valence-electron chi connectivity index (χ3n) is 5.85. The summed E-state index contributed by atoms with van der Waals surface area (Å²) in [5.41, 5.74) is 6.21. The maximum Gasteiger partial charge on any atom is 0.143 e. The molecule has 5 rings (SSSR count). The van der Waals surface area contributed by atoms with Crippen LogP contribution >= 0.6 is 0 Å². The Morgan fingerprint density at radius 2 is 1.85 bits per heavy atom. The van der Waals surface area contributed by atoms with Gasteiger partial charge in [-0.2, -0.15) is 5.10 Å². The van der Waals surface area contributed by atoms with Crippen molar-refractivity contribution in [2.24, 2.45) is 0 Å². The lowest BCUT2D eigenvalue weighted by Crippen LogP contribution is -2.03. The molecule has 0 aliphatic carbocycles. The van der Waals surface area contributed by atoms with Gasteiger partial charge >= 0.3 is 0 Å². The van der Waals surface area contributed by atoms with Crippen LogP contribution in [-0.4, -0.2) is 31.8 Å². The van der Waals surface area contributed by atoms with Crippen molar-refractivity contribution >= 4 is 10.9 Å². The van der Waals surface area contributed by atoms with E-state index in [0.717, 1.165) is 50.4 Å². The van der Waals surface area contributed by atoms with Crippen molar-refractivity contribution in [2.45, 2.75) is 19.8 Å². The van der Waals surface area contributed by atoms with Gasteiger partial charge in [-0.3, -0.25) is 4.98 Å². The first-order valence-corrected chi connectivity index (χ1v) is 10.6. The molecule has 0 amide bonds. The summed E-state index contributed by atoms with van der Waals surface area (Å²) < 4.78 is 21.0. The number of hydrogen-bond acceptors (Lipinski definition) is 5. The minimum atomic E-state index is -0.262. The van der Waals surface area contributed by atoms with Crippen LogP contribution in [0.25, 0.3) is 27.7 Å². The second-order valence-corrected chi connectivity index (χ2v) is 7.93. The highest BCUT2D eigenvalue weighted by molar-refractivity contribution is 5.95. The van der Waals surface area contributed by atoms with Gasteiger partial charge in [0.25, 0.3) is 0 Å². The first-order valence-electron chi connectivity index (χ1n) is 10.6. The molecule has 5 aromatic rings. The predicted molar refractivity (Wildman–Crippen MR) is 125 cm³/mol. The van der Waals surface area contributed by atoms with E-state index >= 15 is 0 Å². The summed E-state index contributed by atoms with van der Waals surface area (Å²) in [7, 11) is 1.65. The summed E-state index contributed by atoms with van der Waals surface area (Å²) in [6, 6.07) is 14.5. The zero-order chi connectivity index (χ0) is 22.9. The van der Waals surface area contributed by atoms with Gasteiger partial charge in [0.1, 0.15) is 17.1 Å². The predicted octanol–water partition coefficient (Wildman–Crippen LogP) is 5.49.